The van der Waals surface area contributed by atoms with Crippen molar-refractivity contribution in [2.24, 2.45) is 0 Å². The number of hydrogen-bond acceptors (Lipinski definition) is 2. The summed E-state index contributed by atoms with van der Waals surface area (Å²) < 4.78 is 31.4. The molecule has 1 heterocycles. The van der Waals surface area contributed by atoms with E-state index in [2.05, 4.69) is 0 Å². The number of halogens is 2. The first-order valence-corrected chi connectivity index (χ1v) is 4.98. The molecule has 1 aromatic heterocycles. The maximum Gasteiger partial charge on any atom is 0.344 e. The summed E-state index contributed by atoms with van der Waals surface area (Å²) in [4.78, 5) is 11.6. The summed E-state index contributed by atoms with van der Waals surface area (Å²) in [6.45, 7) is 0. The minimum Gasteiger partial charge on any atom is -0.419 e. The van der Waals surface area contributed by atoms with Crippen LogP contribution in [-0.2, 0) is 0 Å². The Hall–Kier alpha value is -2.23. The van der Waals surface area contributed by atoms with Crippen molar-refractivity contribution in [3.05, 3.63) is 58.5 Å². The van der Waals surface area contributed by atoms with Crippen molar-refractivity contribution in [3.63, 3.8) is 0 Å². The van der Waals surface area contributed by atoms with Crippen LogP contribution < -0.4 is 5.63 Å². The minimum atomic E-state index is -1.13. The fourth-order valence-corrected chi connectivity index (χ4v) is 1.89. The normalized spacial score (nSPS) is 11.2. The lowest BCUT2D eigenvalue weighted by Crippen LogP contribution is -2.01. The van der Waals surface area contributed by atoms with E-state index in [9.17, 15) is 13.6 Å². The first-order chi connectivity index (χ1) is 8.18. The fourth-order valence-electron chi connectivity index (χ4n) is 1.89. The maximum atomic E-state index is 13.5. The van der Waals surface area contributed by atoms with E-state index in [0.717, 1.165) is 6.07 Å². The van der Waals surface area contributed by atoms with Gasteiger partial charge in [0.2, 0.25) is 5.82 Å². The molecule has 0 aliphatic heterocycles. The van der Waals surface area contributed by atoms with Gasteiger partial charge in [0.05, 0.1) is 5.39 Å². The molecule has 3 aromatic rings. The minimum absolute atomic E-state index is 0.339. The Labute approximate surface area is 94.1 Å². The van der Waals surface area contributed by atoms with Crippen LogP contribution in [0.25, 0.3) is 21.7 Å². The zero-order chi connectivity index (χ0) is 12.0. The molecule has 0 bridgehead atoms. The van der Waals surface area contributed by atoms with Gasteiger partial charge < -0.3 is 4.42 Å². The Morgan fingerprint density at radius 1 is 0.882 bits per heavy atom. The van der Waals surface area contributed by atoms with Gasteiger partial charge in [0, 0.05) is 10.8 Å². The van der Waals surface area contributed by atoms with Crippen LogP contribution in [0.1, 0.15) is 0 Å². The highest BCUT2D eigenvalue weighted by molar-refractivity contribution is 6.04. The number of hydrogen-bond donors (Lipinski definition) is 0. The van der Waals surface area contributed by atoms with Crippen molar-refractivity contribution in [3.8, 4) is 0 Å². The molecule has 3 rings (SSSR count). The maximum absolute atomic E-state index is 13.5. The standard InChI is InChI=1S/C13H6F2O2/c14-10-6-5-8-7-3-1-2-4-9(7)13(16)17-12(8)11(10)15/h1-6H. The summed E-state index contributed by atoms with van der Waals surface area (Å²) in [5, 5.41) is 1.29. The van der Waals surface area contributed by atoms with E-state index in [4.69, 9.17) is 4.42 Å². The lowest BCUT2D eigenvalue weighted by atomic mass is 10.1. The molecule has 0 fully saturated rings. The van der Waals surface area contributed by atoms with E-state index in [1.807, 2.05) is 0 Å². The zero-order valence-corrected chi connectivity index (χ0v) is 8.54. The Kier molecular flexibility index (Phi) is 1.98. The smallest absolute Gasteiger partial charge is 0.344 e. The molecule has 0 aliphatic carbocycles. The van der Waals surface area contributed by atoms with Gasteiger partial charge in [0.25, 0.3) is 0 Å². The largest absolute Gasteiger partial charge is 0.419 e. The molecule has 0 saturated carbocycles. The van der Waals surface area contributed by atoms with Gasteiger partial charge in [-0.2, -0.15) is 4.39 Å². The molecule has 0 atom stereocenters. The van der Waals surface area contributed by atoms with Crippen LogP contribution in [0.2, 0.25) is 0 Å². The van der Waals surface area contributed by atoms with Gasteiger partial charge in [-0.25, -0.2) is 9.18 Å². The van der Waals surface area contributed by atoms with Crippen LogP contribution in [0.5, 0.6) is 0 Å². The third-order valence-corrected chi connectivity index (χ3v) is 2.68. The second-order valence-corrected chi connectivity index (χ2v) is 3.67. The van der Waals surface area contributed by atoms with Gasteiger partial charge in [0.15, 0.2) is 11.4 Å². The van der Waals surface area contributed by atoms with E-state index in [-0.39, 0.29) is 5.58 Å². The van der Waals surface area contributed by atoms with E-state index < -0.39 is 17.3 Å². The summed E-state index contributed by atoms with van der Waals surface area (Å²) in [7, 11) is 0. The first-order valence-electron chi connectivity index (χ1n) is 4.98. The Morgan fingerprint density at radius 2 is 1.59 bits per heavy atom. The van der Waals surface area contributed by atoms with Crippen LogP contribution in [0, 0.1) is 11.6 Å². The molecular formula is C13H6F2O2. The van der Waals surface area contributed by atoms with Gasteiger partial charge in [-0.15, -0.1) is 0 Å². The average Bonchev–Trinajstić information content (AvgIpc) is 2.35. The molecule has 0 radical (unpaired) electrons. The van der Waals surface area contributed by atoms with Crippen LogP contribution in [0.4, 0.5) is 8.78 Å². The summed E-state index contributed by atoms with van der Waals surface area (Å²) >= 11 is 0. The Bertz CT molecular complexity index is 790. The molecule has 0 N–H and O–H groups in total. The second-order valence-electron chi connectivity index (χ2n) is 3.67. The van der Waals surface area contributed by atoms with Crippen LogP contribution >= 0.6 is 0 Å². The molecule has 2 aromatic carbocycles. The monoisotopic (exact) mass is 232 g/mol. The van der Waals surface area contributed by atoms with Crippen LogP contribution in [0.3, 0.4) is 0 Å². The topological polar surface area (TPSA) is 30.2 Å². The van der Waals surface area contributed by atoms with E-state index in [1.54, 1.807) is 24.3 Å². The van der Waals surface area contributed by atoms with Crippen LogP contribution in [-0.4, -0.2) is 0 Å². The predicted molar refractivity (Wildman–Crippen MR) is 59.9 cm³/mol. The van der Waals surface area contributed by atoms with Crippen LogP contribution in [0.15, 0.2) is 45.6 Å². The van der Waals surface area contributed by atoms with Crippen molar-refractivity contribution in [2.75, 3.05) is 0 Å². The molecule has 17 heavy (non-hydrogen) atoms. The highest BCUT2D eigenvalue weighted by Crippen LogP contribution is 2.25. The molecule has 0 spiro atoms. The molecule has 4 heteroatoms. The van der Waals surface area contributed by atoms with Gasteiger partial charge in [-0.05, 0) is 18.2 Å². The molecule has 0 unspecified atom stereocenters. The van der Waals surface area contributed by atoms with Gasteiger partial charge in [0.1, 0.15) is 0 Å². The fraction of sp³-hybridized carbons (Fsp3) is 0. The molecule has 0 aliphatic rings. The first kappa shape index (κ1) is 9.96. The van der Waals surface area contributed by atoms with Crippen molar-refractivity contribution < 1.29 is 13.2 Å². The zero-order valence-electron chi connectivity index (χ0n) is 8.54. The third-order valence-electron chi connectivity index (χ3n) is 2.68. The quantitative estimate of drug-likeness (QED) is 0.440. The van der Waals surface area contributed by atoms with Gasteiger partial charge >= 0.3 is 5.63 Å². The Balaban J connectivity index is 2.67. The summed E-state index contributed by atoms with van der Waals surface area (Å²) in [6, 6.07) is 9.09. The predicted octanol–water partition coefficient (Wildman–Crippen LogP) is 3.22. The van der Waals surface area contributed by atoms with E-state index in [1.165, 1.54) is 6.07 Å². The average molecular weight is 232 g/mol. The highest BCUT2D eigenvalue weighted by atomic mass is 19.2. The molecule has 0 saturated heterocycles. The number of benzene rings is 2. The summed E-state index contributed by atoms with van der Waals surface area (Å²) in [6.07, 6.45) is 0. The van der Waals surface area contributed by atoms with Gasteiger partial charge in [-0.3, -0.25) is 0 Å². The van der Waals surface area contributed by atoms with E-state index >= 15 is 0 Å². The number of fused-ring (bicyclic) bond motifs is 3. The van der Waals surface area contributed by atoms with Crippen molar-refractivity contribution >= 4 is 21.7 Å². The second kappa shape index (κ2) is 3.38. The molecule has 84 valence electrons. The summed E-state index contributed by atoms with van der Waals surface area (Å²) in [5.74, 6) is -2.17. The van der Waals surface area contributed by atoms with Crippen molar-refractivity contribution in [1.82, 2.24) is 0 Å². The number of rotatable bonds is 0. The SMILES string of the molecule is O=c1oc2c(F)c(F)ccc2c2ccccc12. The third kappa shape index (κ3) is 1.34. The lowest BCUT2D eigenvalue weighted by molar-refractivity contribution is 0.480. The summed E-state index contributed by atoms with van der Waals surface area (Å²) in [5.41, 5.74) is -1.01. The highest BCUT2D eigenvalue weighted by Gasteiger charge is 2.13. The lowest BCUT2D eigenvalue weighted by Gasteiger charge is -2.03. The van der Waals surface area contributed by atoms with Crippen molar-refractivity contribution in [1.29, 1.82) is 0 Å². The molecular weight excluding hydrogens is 226 g/mol. The van der Waals surface area contributed by atoms with Crippen molar-refractivity contribution in [2.45, 2.75) is 0 Å². The molecule has 0 amide bonds. The van der Waals surface area contributed by atoms with Gasteiger partial charge in [-0.1, -0.05) is 18.2 Å². The Morgan fingerprint density at radius 3 is 2.35 bits per heavy atom. The molecule has 2 nitrogen and oxygen atoms in total. The van der Waals surface area contributed by atoms with E-state index in [0.29, 0.717) is 16.2 Å².